The number of piperazine rings is 1. The van der Waals surface area contributed by atoms with Gasteiger partial charge in [-0.25, -0.2) is 0 Å². The summed E-state index contributed by atoms with van der Waals surface area (Å²) in [7, 11) is 0. The van der Waals surface area contributed by atoms with Crippen LogP contribution in [-0.4, -0.2) is 53.3 Å². The second kappa shape index (κ2) is 8.99. The molecule has 4 nitrogen and oxygen atoms in total. The number of aliphatic imine (C=N–C) groups is 1. The molecule has 1 amide bonds. The normalized spacial score (nSPS) is 19.3. The molecule has 2 aromatic carbocycles. The Morgan fingerprint density at radius 1 is 1.04 bits per heavy atom. The average Bonchev–Trinajstić information content (AvgIpc) is 3.10. The molecule has 144 valence electrons. The van der Waals surface area contributed by atoms with Gasteiger partial charge in [0.15, 0.2) is 5.17 Å². The minimum atomic E-state index is -0.124. The summed E-state index contributed by atoms with van der Waals surface area (Å²) in [6.07, 6.45) is 4.00. The molecule has 1 fully saturated rings. The van der Waals surface area contributed by atoms with Crippen molar-refractivity contribution in [3.63, 3.8) is 0 Å². The summed E-state index contributed by atoms with van der Waals surface area (Å²) >= 11 is 3.21. The van der Waals surface area contributed by atoms with Crippen LogP contribution in [0.2, 0.25) is 0 Å². The minimum Gasteiger partial charge on any atom is -0.348 e. The Morgan fingerprint density at radius 3 is 2.43 bits per heavy atom. The predicted octanol–water partition coefficient (Wildman–Crippen LogP) is 4.20. The summed E-state index contributed by atoms with van der Waals surface area (Å²) in [6, 6.07) is 18.8. The molecule has 0 atom stereocenters. The Bertz CT molecular complexity index is 886. The molecule has 0 unspecified atom stereocenters. The van der Waals surface area contributed by atoms with E-state index in [-0.39, 0.29) is 5.91 Å². The van der Waals surface area contributed by atoms with Crippen molar-refractivity contribution in [1.29, 1.82) is 0 Å². The molecule has 0 N–H and O–H groups in total. The van der Waals surface area contributed by atoms with E-state index in [0.717, 1.165) is 43.5 Å². The van der Waals surface area contributed by atoms with Crippen LogP contribution in [0.3, 0.4) is 0 Å². The van der Waals surface area contributed by atoms with Crippen LogP contribution in [-0.2, 0) is 11.3 Å². The van der Waals surface area contributed by atoms with Crippen molar-refractivity contribution in [2.24, 2.45) is 4.99 Å². The van der Waals surface area contributed by atoms with E-state index in [4.69, 9.17) is 0 Å². The number of nitrogens with zero attached hydrogens (tertiary/aromatic N) is 3. The van der Waals surface area contributed by atoms with Crippen LogP contribution in [0.1, 0.15) is 11.1 Å². The van der Waals surface area contributed by atoms with Crippen LogP contribution < -0.4 is 0 Å². The van der Waals surface area contributed by atoms with Gasteiger partial charge in [-0.2, -0.15) is 4.99 Å². The molecule has 2 aliphatic rings. The van der Waals surface area contributed by atoms with Crippen LogP contribution in [0.5, 0.6) is 0 Å². The fourth-order valence-corrected chi connectivity index (χ4v) is 4.70. The summed E-state index contributed by atoms with van der Waals surface area (Å²) in [5.74, 6) is -0.124. The van der Waals surface area contributed by atoms with E-state index in [9.17, 15) is 4.79 Å². The van der Waals surface area contributed by atoms with E-state index in [0.29, 0.717) is 4.91 Å². The zero-order valence-corrected chi connectivity index (χ0v) is 17.5. The molecule has 2 heterocycles. The van der Waals surface area contributed by atoms with Gasteiger partial charge in [0.25, 0.3) is 5.91 Å². The van der Waals surface area contributed by atoms with E-state index >= 15 is 0 Å². The third-order valence-electron chi connectivity index (χ3n) is 4.91. The first-order valence-corrected chi connectivity index (χ1v) is 11.4. The number of hydrogen-bond acceptors (Lipinski definition) is 5. The van der Waals surface area contributed by atoms with E-state index in [1.807, 2.05) is 18.2 Å². The molecule has 6 heteroatoms. The molecule has 1 saturated heterocycles. The minimum absolute atomic E-state index is 0.124. The zero-order chi connectivity index (χ0) is 19.3. The molecule has 0 aliphatic carbocycles. The first-order valence-electron chi connectivity index (χ1n) is 9.39. The molecule has 4 rings (SSSR count). The van der Waals surface area contributed by atoms with Crippen molar-refractivity contribution in [2.45, 2.75) is 11.4 Å². The number of thioether (sulfide) groups is 2. The maximum atomic E-state index is 12.3. The molecule has 0 radical (unpaired) electrons. The van der Waals surface area contributed by atoms with E-state index in [2.05, 4.69) is 63.5 Å². The van der Waals surface area contributed by atoms with Crippen molar-refractivity contribution in [3.05, 3.63) is 70.6 Å². The van der Waals surface area contributed by atoms with Gasteiger partial charge in [0.1, 0.15) is 0 Å². The molecular formula is C22H23N3OS2. The van der Waals surface area contributed by atoms with Crippen molar-refractivity contribution in [1.82, 2.24) is 9.80 Å². The lowest BCUT2D eigenvalue weighted by Gasteiger charge is -2.35. The number of hydrogen-bond donors (Lipinski definition) is 0. The smallest absolute Gasteiger partial charge is 0.286 e. The third-order valence-corrected chi connectivity index (χ3v) is 6.70. The highest BCUT2D eigenvalue weighted by Gasteiger charge is 2.28. The average molecular weight is 410 g/mol. The Kier molecular flexibility index (Phi) is 6.20. The summed E-state index contributed by atoms with van der Waals surface area (Å²) in [5.41, 5.74) is 2.38. The van der Waals surface area contributed by atoms with Gasteiger partial charge in [-0.15, -0.1) is 11.8 Å². The molecule has 2 aromatic rings. The highest BCUT2D eigenvalue weighted by Crippen LogP contribution is 2.31. The number of benzene rings is 2. The van der Waals surface area contributed by atoms with Gasteiger partial charge in [0.2, 0.25) is 0 Å². The van der Waals surface area contributed by atoms with Crippen LogP contribution in [0.25, 0.3) is 6.08 Å². The Hall–Kier alpha value is -2.02. The molecule has 0 saturated carbocycles. The molecule has 0 spiro atoms. The zero-order valence-electron chi connectivity index (χ0n) is 15.9. The summed E-state index contributed by atoms with van der Waals surface area (Å²) in [6.45, 7) is 4.75. The lowest BCUT2D eigenvalue weighted by molar-refractivity contribution is -0.113. The first kappa shape index (κ1) is 19.3. The monoisotopic (exact) mass is 409 g/mol. The Morgan fingerprint density at radius 2 is 1.75 bits per heavy atom. The highest BCUT2D eigenvalue weighted by atomic mass is 32.2. The quantitative estimate of drug-likeness (QED) is 0.559. The van der Waals surface area contributed by atoms with E-state index < -0.39 is 0 Å². The van der Waals surface area contributed by atoms with Gasteiger partial charge in [-0.1, -0.05) is 42.5 Å². The van der Waals surface area contributed by atoms with Gasteiger partial charge in [0.05, 0.1) is 4.91 Å². The van der Waals surface area contributed by atoms with E-state index in [1.54, 1.807) is 11.8 Å². The highest BCUT2D eigenvalue weighted by molar-refractivity contribution is 8.18. The largest absolute Gasteiger partial charge is 0.348 e. The standard InChI is InChI=1S/C22H23N3OS2/c1-27-19-9-7-17(8-10-19)15-20-21(26)23-22(28-20)25-13-11-24(12-14-25)16-18-5-3-2-4-6-18/h2-10,15H,11-14,16H2,1H3/b20-15+. The number of carbonyl (C=O) groups is 1. The number of rotatable bonds is 4. The Balaban J connectivity index is 1.34. The van der Waals surface area contributed by atoms with Crippen LogP contribution in [0, 0.1) is 0 Å². The topological polar surface area (TPSA) is 35.9 Å². The lowest BCUT2D eigenvalue weighted by atomic mass is 10.2. The van der Waals surface area contributed by atoms with Crippen LogP contribution in [0.15, 0.2) is 69.4 Å². The van der Waals surface area contributed by atoms with Crippen LogP contribution >= 0.6 is 23.5 Å². The fraction of sp³-hybridized carbons (Fsp3) is 0.273. The number of amides is 1. The van der Waals surface area contributed by atoms with Crippen molar-refractivity contribution in [3.8, 4) is 0 Å². The molecule has 0 aromatic heterocycles. The fourth-order valence-electron chi connectivity index (χ4n) is 3.32. The van der Waals surface area contributed by atoms with Crippen molar-refractivity contribution in [2.75, 3.05) is 32.4 Å². The SMILES string of the molecule is CSc1ccc(/C=C2/SC(N3CCN(Cc4ccccc4)CC3)=NC2=O)cc1. The predicted molar refractivity (Wildman–Crippen MR) is 120 cm³/mol. The van der Waals surface area contributed by atoms with E-state index in [1.165, 1.54) is 22.2 Å². The molecular weight excluding hydrogens is 386 g/mol. The van der Waals surface area contributed by atoms with Crippen molar-refractivity contribution < 1.29 is 4.79 Å². The Labute approximate surface area is 174 Å². The summed E-state index contributed by atoms with van der Waals surface area (Å²) in [5, 5.41) is 0.844. The van der Waals surface area contributed by atoms with Gasteiger partial charge in [-0.05, 0) is 47.4 Å². The van der Waals surface area contributed by atoms with Gasteiger partial charge < -0.3 is 4.90 Å². The first-order chi connectivity index (χ1) is 13.7. The molecule has 28 heavy (non-hydrogen) atoms. The maximum absolute atomic E-state index is 12.3. The summed E-state index contributed by atoms with van der Waals surface area (Å²) < 4.78 is 0. The lowest BCUT2D eigenvalue weighted by Crippen LogP contribution is -2.47. The second-order valence-electron chi connectivity index (χ2n) is 6.83. The summed E-state index contributed by atoms with van der Waals surface area (Å²) in [4.78, 5) is 23.3. The van der Waals surface area contributed by atoms with Gasteiger partial charge in [-0.3, -0.25) is 9.69 Å². The third kappa shape index (κ3) is 4.69. The van der Waals surface area contributed by atoms with Crippen molar-refractivity contribution >= 4 is 40.7 Å². The molecule has 2 aliphatic heterocycles. The van der Waals surface area contributed by atoms with Gasteiger partial charge in [0, 0.05) is 37.6 Å². The maximum Gasteiger partial charge on any atom is 0.286 e. The number of amidine groups is 1. The van der Waals surface area contributed by atoms with Gasteiger partial charge >= 0.3 is 0 Å². The number of carbonyl (C=O) groups excluding carboxylic acids is 1. The molecule has 0 bridgehead atoms. The van der Waals surface area contributed by atoms with Crippen LogP contribution in [0.4, 0.5) is 0 Å². The second-order valence-corrected chi connectivity index (χ2v) is 8.72.